The van der Waals surface area contributed by atoms with E-state index in [0.717, 1.165) is 16.5 Å². The lowest BCUT2D eigenvalue weighted by atomic mass is 9.80. The lowest BCUT2D eigenvalue weighted by Crippen LogP contribution is -2.44. The number of ether oxygens (including phenoxy) is 4. The molecule has 2 aromatic heterocycles. The Kier molecular flexibility index (Phi) is 8.95. The molecule has 4 aromatic carbocycles. The Balaban J connectivity index is 1.26. The fraction of sp³-hybridized carbons (Fsp3) is 0.211. The van der Waals surface area contributed by atoms with Crippen molar-refractivity contribution in [3.63, 3.8) is 0 Å². The molecule has 51 heavy (non-hydrogen) atoms. The van der Waals surface area contributed by atoms with E-state index in [9.17, 15) is 15.0 Å². The third-order valence-electron chi connectivity index (χ3n) is 8.99. The van der Waals surface area contributed by atoms with Crippen molar-refractivity contribution in [2.45, 2.75) is 29.9 Å². The van der Waals surface area contributed by atoms with Gasteiger partial charge in [0, 0.05) is 5.56 Å². The highest BCUT2D eigenvalue weighted by atomic mass is 19.2. The molecule has 0 spiro atoms. The van der Waals surface area contributed by atoms with E-state index >= 15 is 4.39 Å². The second-order valence-corrected chi connectivity index (χ2v) is 12.0. The number of imidazole rings is 1. The van der Waals surface area contributed by atoms with Crippen LogP contribution in [0.15, 0.2) is 116 Å². The Morgan fingerprint density at radius 3 is 2.00 bits per heavy atom. The van der Waals surface area contributed by atoms with Crippen molar-refractivity contribution in [2.24, 2.45) is 0 Å². The van der Waals surface area contributed by atoms with Gasteiger partial charge in [0.1, 0.15) is 34.8 Å². The number of carbonyl (C=O) groups excluding carboxylic acids is 1. The van der Waals surface area contributed by atoms with Crippen LogP contribution in [0.3, 0.4) is 0 Å². The fourth-order valence-electron chi connectivity index (χ4n) is 6.34. The normalized spacial score (nSPS) is 20.4. The zero-order valence-electron chi connectivity index (χ0n) is 27.6. The zero-order chi connectivity index (χ0) is 35.8. The molecule has 4 atom stereocenters. The molecule has 260 valence electrons. The molecule has 0 saturated carbocycles. The molecule has 12 nitrogen and oxygen atoms in total. The lowest BCUT2D eigenvalue weighted by molar-refractivity contribution is -0.195. The third-order valence-corrected chi connectivity index (χ3v) is 8.99. The number of aliphatic hydroxyl groups excluding tert-OH is 1. The molecule has 1 aliphatic heterocycles. The molecule has 0 unspecified atom stereocenters. The van der Waals surface area contributed by atoms with Crippen molar-refractivity contribution in [2.75, 3.05) is 26.6 Å². The van der Waals surface area contributed by atoms with Crippen molar-refractivity contribution in [1.82, 2.24) is 19.5 Å². The van der Waals surface area contributed by atoms with Gasteiger partial charge in [0.15, 0.2) is 17.7 Å². The second-order valence-electron chi connectivity index (χ2n) is 12.0. The summed E-state index contributed by atoms with van der Waals surface area (Å²) in [5.74, 6) is -3.02. The van der Waals surface area contributed by atoms with Gasteiger partial charge < -0.3 is 34.9 Å². The number of ketones is 1. The predicted octanol–water partition coefficient (Wildman–Crippen LogP) is 4.58. The molecule has 4 N–H and O–H groups in total. The fourth-order valence-corrected chi connectivity index (χ4v) is 6.34. The van der Waals surface area contributed by atoms with Gasteiger partial charge >= 0.3 is 0 Å². The zero-order valence-corrected chi connectivity index (χ0v) is 27.6. The Bertz CT molecular complexity index is 2100. The van der Waals surface area contributed by atoms with E-state index in [2.05, 4.69) is 15.0 Å². The lowest BCUT2D eigenvalue weighted by Gasteiger charge is -2.37. The first-order valence-corrected chi connectivity index (χ1v) is 16.0. The first-order valence-electron chi connectivity index (χ1n) is 16.0. The number of benzene rings is 4. The van der Waals surface area contributed by atoms with E-state index in [1.807, 2.05) is 54.6 Å². The van der Waals surface area contributed by atoms with Crippen LogP contribution in [0, 0.1) is 0 Å². The molecule has 7 rings (SSSR count). The standard InChI is InChI=1S/C38H34FN5O7/c1-48-27-17-13-25(14-18-27)37(24-11-7-4-8-12-24,26-15-19-28(49-2)20-16-26)50-21-29-32(46)38(39,47)36(51-29)44-22-41-30-33(40)42-34(43-35(30)44)31(45)23-9-5-3-6-10-23/h3-20,22,29,32,36,46-47H,21H2,1-2H3,(H2,40,42,43)/t29-,32-,36-,38-/m1/s1. The predicted molar refractivity (Wildman–Crippen MR) is 184 cm³/mol. The molecule has 3 heterocycles. The second kappa shape index (κ2) is 13.5. The van der Waals surface area contributed by atoms with E-state index in [1.165, 1.54) is 0 Å². The van der Waals surface area contributed by atoms with Crippen LogP contribution in [0.5, 0.6) is 11.5 Å². The van der Waals surface area contributed by atoms with Gasteiger partial charge in [-0.15, -0.1) is 0 Å². The summed E-state index contributed by atoms with van der Waals surface area (Å²) in [4.78, 5) is 25.8. The molecule has 6 aromatic rings. The van der Waals surface area contributed by atoms with Crippen molar-refractivity contribution < 1.29 is 38.3 Å². The van der Waals surface area contributed by atoms with E-state index < -0.39 is 42.3 Å². The highest BCUT2D eigenvalue weighted by molar-refractivity contribution is 6.07. The number of aliphatic hydroxyl groups is 2. The number of methoxy groups -OCH3 is 2. The molecule has 1 fully saturated rings. The number of nitrogens with two attached hydrogens (primary N) is 1. The van der Waals surface area contributed by atoms with Crippen LogP contribution in [-0.4, -0.2) is 74.4 Å². The van der Waals surface area contributed by atoms with E-state index in [1.54, 1.807) is 68.8 Å². The monoisotopic (exact) mass is 691 g/mol. The van der Waals surface area contributed by atoms with Gasteiger partial charge in [0.2, 0.25) is 11.6 Å². The Morgan fingerprint density at radius 2 is 1.43 bits per heavy atom. The van der Waals surface area contributed by atoms with Crippen molar-refractivity contribution in [3.8, 4) is 11.5 Å². The highest BCUT2D eigenvalue weighted by Gasteiger charge is 2.58. The van der Waals surface area contributed by atoms with Gasteiger partial charge in [0.05, 0.1) is 27.2 Å². The summed E-state index contributed by atoms with van der Waals surface area (Å²) >= 11 is 0. The molecule has 13 heteroatoms. The maximum absolute atomic E-state index is 16.3. The number of alkyl halides is 1. The summed E-state index contributed by atoms with van der Waals surface area (Å²) in [6, 6.07) is 32.3. The minimum atomic E-state index is -3.35. The molecular weight excluding hydrogens is 657 g/mol. The highest BCUT2D eigenvalue weighted by Crippen LogP contribution is 2.45. The maximum Gasteiger partial charge on any atom is 0.281 e. The van der Waals surface area contributed by atoms with Gasteiger partial charge in [-0.25, -0.2) is 19.3 Å². The Hall–Kier alpha value is -5.73. The van der Waals surface area contributed by atoms with E-state index in [0.29, 0.717) is 28.2 Å². The van der Waals surface area contributed by atoms with Crippen LogP contribution in [0.1, 0.15) is 39.1 Å². The maximum atomic E-state index is 16.3. The Morgan fingerprint density at radius 1 is 0.882 bits per heavy atom. The average Bonchev–Trinajstić information content (AvgIpc) is 3.69. The molecule has 0 aliphatic carbocycles. The largest absolute Gasteiger partial charge is 0.497 e. The van der Waals surface area contributed by atoms with Crippen LogP contribution in [0.25, 0.3) is 11.2 Å². The molecule has 1 aliphatic rings. The topological polar surface area (TPSA) is 164 Å². The SMILES string of the molecule is COc1ccc(C(OC[C@H]2O[C@@H](n3cnc4c(N)nc(C(=O)c5ccccc5)nc43)[C@@](O)(F)[C@@H]2O)(c2ccccc2)c2ccc(OC)cc2)cc1. The third kappa shape index (κ3) is 5.95. The number of rotatable bonds is 11. The van der Waals surface area contributed by atoms with Crippen molar-refractivity contribution in [1.29, 1.82) is 0 Å². The number of anilines is 1. The number of aromatic nitrogens is 4. The van der Waals surface area contributed by atoms with Crippen molar-refractivity contribution in [3.05, 3.63) is 144 Å². The molecule has 0 amide bonds. The van der Waals surface area contributed by atoms with Crippen LogP contribution in [0.2, 0.25) is 0 Å². The summed E-state index contributed by atoms with van der Waals surface area (Å²) in [7, 11) is 3.14. The molecular formula is C38H34FN5O7. The van der Waals surface area contributed by atoms with Crippen molar-refractivity contribution >= 4 is 22.8 Å². The smallest absolute Gasteiger partial charge is 0.281 e. The van der Waals surface area contributed by atoms with E-state index in [-0.39, 0.29) is 22.8 Å². The van der Waals surface area contributed by atoms with Gasteiger partial charge in [-0.1, -0.05) is 84.9 Å². The summed E-state index contributed by atoms with van der Waals surface area (Å²) in [5.41, 5.74) is 7.23. The van der Waals surface area contributed by atoms with Gasteiger partial charge in [-0.2, -0.15) is 0 Å². The Labute approximate surface area is 291 Å². The average molecular weight is 692 g/mol. The van der Waals surface area contributed by atoms with Crippen LogP contribution in [-0.2, 0) is 15.1 Å². The number of carbonyl (C=O) groups is 1. The summed E-state index contributed by atoms with van der Waals surface area (Å²) in [6.45, 7) is -0.391. The number of nitrogen functional groups attached to an aromatic ring is 1. The van der Waals surface area contributed by atoms with Gasteiger partial charge in [-0.05, 0) is 41.0 Å². The van der Waals surface area contributed by atoms with E-state index in [4.69, 9.17) is 24.7 Å². The first-order chi connectivity index (χ1) is 24.7. The summed E-state index contributed by atoms with van der Waals surface area (Å²) in [6.07, 6.45) is -4.18. The number of nitrogens with zero attached hydrogens (tertiary/aromatic N) is 4. The number of fused-ring (bicyclic) bond motifs is 1. The minimum absolute atomic E-state index is 0.0512. The minimum Gasteiger partial charge on any atom is -0.497 e. The number of hydrogen-bond acceptors (Lipinski definition) is 11. The van der Waals surface area contributed by atoms with Gasteiger partial charge in [0.25, 0.3) is 5.85 Å². The van der Waals surface area contributed by atoms with Crippen LogP contribution < -0.4 is 15.2 Å². The number of hydrogen-bond donors (Lipinski definition) is 3. The van der Waals surface area contributed by atoms with Crippen LogP contribution in [0.4, 0.5) is 10.2 Å². The summed E-state index contributed by atoms with van der Waals surface area (Å²) in [5, 5.41) is 22.4. The molecule has 1 saturated heterocycles. The summed E-state index contributed by atoms with van der Waals surface area (Å²) < 4.78 is 41.0. The molecule has 0 radical (unpaired) electrons. The molecule has 0 bridgehead atoms. The quantitative estimate of drug-likeness (QED) is 0.129. The first kappa shape index (κ1) is 33.8. The van der Waals surface area contributed by atoms with Crippen LogP contribution >= 0.6 is 0 Å². The van der Waals surface area contributed by atoms with Gasteiger partial charge in [-0.3, -0.25) is 9.36 Å². The number of halogens is 1.